The van der Waals surface area contributed by atoms with Gasteiger partial charge in [-0.15, -0.1) is 0 Å². The van der Waals surface area contributed by atoms with Crippen molar-refractivity contribution in [1.29, 1.82) is 0 Å². The number of para-hydroxylation sites is 1. The van der Waals surface area contributed by atoms with Gasteiger partial charge in [-0.2, -0.15) is 11.8 Å². The van der Waals surface area contributed by atoms with Gasteiger partial charge in [-0.3, -0.25) is 4.79 Å². The van der Waals surface area contributed by atoms with Gasteiger partial charge >= 0.3 is 0 Å². The van der Waals surface area contributed by atoms with Crippen LogP contribution in [0.1, 0.15) is 16.8 Å². The topological polar surface area (TPSA) is 55.6 Å². The summed E-state index contributed by atoms with van der Waals surface area (Å²) in [6.07, 6.45) is 1.01. The zero-order valence-electron chi connectivity index (χ0n) is 11.5. The lowest BCUT2D eigenvalue weighted by Gasteiger charge is -2.29. The zero-order valence-corrected chi connectivity index (χ0v) is 13.0. The number of hydrogen-bond acceptors (Lipinski definition) is 4. The van der Waals surface area contributed by atoms with Crippen LogP contribution >= 0.6 is 23.4 Å². The van der Waals surface area contributed by atoms with Crippen molar-refractivity contribution in [2.45, 2.75) is 12.5 Å². The van der Waals surface area contributed by atoms with E-state index in [2.05, 4.69) is 0 Å². The van der Waals surface area contributed by atoms with Gasteiger partial charge in [-0.25, -0.2) is 0 Å². The molecule has 1 heterocycles. The third-order valence-electron chi connectivity index (χ3n) is 3.43. The van der Waals surface area contributed by atoms with Gasteiger partial charge in [0.05, 0.1) is 22.9 Å². The molecule has 0 saturated carbocycles. The van der Waals surface area contributed by atoms with E-state index in [0.29, 0.717) is 29.4 Å². The number of methoxy groups -OCH3 is 1. The summed E-state index contributed by atoms with van der Waals surface area (Å²) in [6, 6.07) is 5.43. The highest BCUT2D eigenvalue weighted by atomic mass is 35.5. The number of rotatable bonds is 5. The van der Waals surface area contributed by atoms with Gasteiger partial charge in [0.2, 0.25) is 0 Å². The number of halogens is 1. The number of amides is 1. The molecule has 1 saturated heterocycles. The largest absolute Gasteiger partial charge is 0.397 e. The summed E-state index contributed by atoms with van der Waals surface area (Å²) in [7, 11) is 1.64. The molecule has 1 aromatic rings. The maximum absolute atomic E-state index is 12.7. The molecule has 2 rings (SSSR count). The summed E-state index contributed by atoms with van der Waals surface area (Å²) in [4.78, 5) is 14.6. The number of carbonyl (C=O) groups excluding carboxylic acids is 1. The molecular formula is C14H19ClN2O2S. The van der Waals surface area contributed by atoms with Crippen LogP contribution in [0.3, 0.4) is 0 Å². The average Bonchev–Trinajstić information content (AvgIpc) is 2.96. The fourth-order valence-corrected chi connectivity index (χ4v) is 3.68. The first kappa shape index (κ1) is 15.5. The molecule has 0 bridgehead atoms. The van der Waals surface area contributed by atoms with Crippen LogP contribution in [0.5, 0.6) is 0 Å². The fourth-order valence-electron chi connectivity index (χ4n) is 2.29. The Morgan fingerprint density at radius 2 is 2.40 bits per heavy atom. The molecule has 6 heteroatoms. The lowest BCUT2D eigenvalue weighted by molar-refractivity contribution is 0.0625. The highest BCUT2D eigenvalue weighted by Crippen LogP contribution is 2.27. The van der Waals surface area contributed by atoms with Crippen molar-refractivity contribution in [3.63, 3.8) is 0 Å². The molecule has 1 fully saturated rings. The number of benzene rings is 1. The Balaban J connectivity index is 2.22. The van der Waals surface area contributed by atoms with E-state index in [4.69, 9.17) is 22.1 Å². The van der Waals surface area contributed by atoms with Crippen molar-refractivity contribution in [2.75, 3.05) is 37.5 Å². The minimum atomic E-state index is -0.0606. The zero-order chi connectivity index (χ0) is 14.5. The summed E-state index contributed by atoms with van der Waals surface area (Å²) in [5.41, 5.74) is 6.76. The maximum atomic E-state index is 12.7. The summed E-state index contributed by atoms with van der Waals surface area (Å²) >= 11 is 7.87. The first-order valence-electron chi connectivity index (χ1n) is 6.56. The number of ether oxygens (including phenoxy) is 1. The normalized spacial score (nSPS) is 18.2. The molecule has 0 spiro atoms. The van der Waals surface area contributed by atoms with Crippen LogP contribution in [0.2, 0.25) is 5.02 Å². The van der Waals surface area contributed by atoms with E-state index in [9.17, 15) is 4.79 Å². The standard InChI is InChI=1S/C14H19ClN2O2S/c1-19-7-6-17(10-5-8-20-9-10)14(18)11-3-2-4-12(15)13(11)16/h2-4,10H,5-9,16H2,1H3. The third-order valence-corrected chi connectivity index (χ3v) is 4.90. The Hall–Kier alpha value is -0.910. The smallest absolute Gasteiger partial charge is 0.256 e. The van der Waals surface area contributed by atoms with Crippen molar-refractivity contribution < 1.29 is 9.53 Å². The first-order valence-corrected chi connectivity index (χ1v) is 8.10. The number of nitrogens with two attached hydrogens (primary N) is 1. The number of carbonyl (C=O) groups is 1. The lowest BCUT2D eigenvalue weighted by atomic mass is 10.1. The number of nitrogen functional groups attached to an aromatic ring is 1. The molecule has 0 aliphatic carbocycles. The second-order valence-electron chi connectivity index (χ2n) is 4.71. The second-order valence-corrected chi connectivity index (χ2v) is 6.27. The fraction of sp³-hybridized carbons (Fsp3) is 0.500. The van der Waals surface area contributed by atoms with Crippen molar-refractivity contribution >= 4 is 35.0 Å². The Kier molecular flexibility index (Phi) is 5.57. The number of nitrogens with zero attached hydrogens (tertiary/aromatic N) is 1. The van der Waals surface area contributed by atoms with Gasteiger partial charge in [0, 0.05) is 25.4 Å². The molecule has 1 amide bonds. The van der Waals surface area contributed by atoms with E-state index >= 15 is 0 Å². The highest BCUT2D eigenvalue weighted by molar-refractivity contribution is 7.99. The van der Waals surface area contributed by atoms with Crippen LogP contribution < -0.4 is 5.73 Å². The SMILES string of the molecule is COCCN(C(=O)c1cccc(Cl)c1N)C1CCSC1. The van der Waals surface area contributed by atoms with E-state index in [1.165, 1.54) is 0 Å². The lowest BCUT2D eigenvalue weighted by Crippen LogP contribution is -2.42. The number of anilines is 1. The van der Waals surface area contributed by atoms with Gasteiger partial charge in [0.1, 0.15) is 0 Å². The van der Waals surface area contributed by atoms with Crippen LogP contribution in [0.15, 0.2) is 18.2 Å². The molecule has 1 unspecified atom stereocenters. The van der Waals surface area contributed by atoms with Crippen molar-refractivity contribution in [2.24, 2.45) is 0 Å². The van der Waals surface area contributed by atoms with Crippen LogP contribution in [-0.2, 0) is 4.74 Å². The average molecular weight is 315 g/mol. The van der Waals surface area contributed by atoms with E-state index < -0.39 is 0 Å². The summed E-state index contributed by atoms with van der Waals surface area (Å²) in [5.74, 6) is 2.00. The van der Waals surface area contributed by atoms with Gasteiger partial charge in [-0.05, 0) is 24.3 Å². The first-order chi connectivity index (χ1) is 9.65. The Morgan fingerprint density at radius 1 is 1.60 bits per heavy atom. The predicted octanol–water partition coefficient (Wildman–Crippen LogP) is 2.52. The monoisotopic (exact) mass is 314 g/mol. The second kappa shape index (κ2) is 7.20. The molecule has 1 aliphatic rings. The van der Waals surface area contributed by atoms with E-state index in [0.717, 1.165) is 17.9 Å². The molecular weight excluding hydrogens is 296 g/mol. The Labute approximate surface area is 128 Å². The van der Waals surface area contributed by atoms with Gasteiger partial charge in [0.15, 0.2) is 0 Å². The quantitative estimate of drug-likeness (QED) is 0.849. The minimum Gasteiger partial charge on any atom is -0.397 e. The summed E-state index contributed by atoms with van der Waals surface area (Å²) < 4.78 is 5.11. The summed E-state index contributed by atoms with van der Waals surface area (Å²) in [6.45, 7) is 1.10. The molecule has 2 N–H and O–H groups in total. The molecule has 4 nitrogen and oxygen atoms in total. The molecule has 20 heavy (non-hydrogen) atoms. The van der Waals surface area contributed by atoms with Gasteiger partial charge in [-0.1, -0.05) is 17.7 Å². The van der Waals surface area contributed by atoms with Gasteiger partial charge in [0.25, 0.3) is 5.91 Å². The molecule has 1 aromatic carbocycles. The van der Waals surface area contributed by atoms with E-state index in [1.807, 2.05) is 16.7 Å². The minimum absolute atomic E-state index is 0.0606. The van der Waals surface area contributed by atoms with Crippen LogP contribution in [-0.4, -0.2) is 48.6 Å². The van der Waals surface area contributed by atoms with E-state index in [1.54, 1.807) is 25.3 Å². The van der Waals surface area contributed by atoms with Crippen LogP contribution in [0, 0.1) is 0 Å². The number of thioether (sulfide) groups is 1. The molecule has 110 valence electrons. The molecule has 1 aliphatic heterocycles. The summed E-state index contributed by atoms with van der Waals surface area (Å²) in [5, 5.41) is 0.420. The van der Waals surface area contributed by atoms with E-state index in [-0.39, 0.29) is 11.9 Å². The predicted molar refractivity (Wildman–Crippen MR) is 84.5 cm³/mol. The Morgan fingerprint density at radius 3 is 3.05 bits per heavy atom. The van der Waals surface area contributed by atoms with Crippen LogP contribution in [0.4, 0.5) is 5.69 Å². The third kappa shape index (κ3) is 3.40. The van der Waals surface area contributed by atoms with Crippen LogP contribution in [0.25, 0.3) is 0 Å². The molecule has 1 atom stereocenters. The van der Waals surface area contributed by atoms with Crippen molar-refractivity contribution in [3.8, 4) is 0 Å². The molecule has 0 aromatic heterocycles. The molecule has 0 radical (unpaired) electrons. The Bertz CT molecular complexity index is 478. The number of hydrogen-bond donors (Lipinski definition) is 1. The maximum Gasteiger partial charge on any atom is 0.256 e. The highest BCUT2D eigenvalue weighted by Gasteiger charge is 2.28. The van der Waals surface area contributed by atoms with Gasteiger partial charge < -0.3 is 15.4 Å². The van der Waals surface area contributed by atoms with Crippen molar-refractivity contribution in [1.82, 2.24) is 4.90 Å². The van der Waals surface area contributed by atoms with Crippen molar-refractivity contribution in [3.05, 3.63) is 28.8 Å².